The Morgan fingerprint density at radius 2 is 2.08 bits per heavy atom. The number of nitrogens with one attached hydrogen (secondary N) is 1. The molecular formula is C20H19ClN2O3. The second-order valence-corrected chi connectivity index (χ2v) is 6.64. The third kappa shape index (κ3) is 4.49. The number of amides is 1. The highest BCUT2D eigenvalue weighted by atomic mass is 35.5. The van der Waals surface area contributed by atoms with Crippen molar-refractivity contribution in [3.8, 4) is 0 Å². The first-order chi connectivity index (χ1) is 12.5. The van der Waals surface area contributed by atoms with Crippen LogP contribution in [0.15, 0.2) is 48.8 Å². The van der Waals surface area contributed by atoms with Gasteiger partial charge in [0.1, 0.15) is 6.10 Å². The highest BCUT2D eigenvalue weighted by Gasteiger charge is 2.32. The topological polar surface area (TPSA) is 68.3 Å². The maximum absolute atomic E-state index is 12.0. The number of pyridine rings is 1. The van der Waals surface area contributed by atoms with Crippen LogP contribution in [0, 0.1) is 0 Å². The van der Waals surface area contributed by atoms with Gasteiger partial charge < -0.3 is 10.1 Å². The summed E-state index contributed by atoms with van der Waals surface area (Å²) in [7, 11) is 1.55. The van der Waals surface area contributed by atoms with E-state index in [1.807, 2.05) is 24.3 Å². The van der Waals surface area contributed by atoms with E-state index < -0.39 is 5.97 Å². The first kappa shape index (κ1) is 18.1. The molecule has 1 heterocycles. The summed E-state index contributed by atoms with van der Waals surface area (Å²) < 4.78 is 5.43. The van der Waals surface area contributed by atoms with Gasteiger partial charge in [0, 0.05) is 30.5 Å². The number of carbonyl (C=O) groups excluding carboxylic acids is 2. The molecule has 1 aliphatic rings. The monoisotopic (exact) mass is 370 g/mol. The third-order valence-electron chi connectivity index (χ3n) is 4.36. The summed E-state index contributed by atoms with van der Waals surface area (Å²) in [5, 5.41) is 3.25. The standard InChI is InChI=1S/C20H19ClN2O3/c1-22-20(25)16-7-13(11-23-12-16)5-6-19(24)26-18-9-15(10-18)14-3-2-4-17(21)8-14/h2-8,11-12,15,18H,9-10H2,1H3,(H,22,25)/b6-5+. The van der Waals surface area contributed by atoms with E-state index in [1.165, 1.54) is 17.8 Å². The lowest BCUT2D eigenvalue weighted by molar-refractivity contribution is -0.147. The number of carbonyl (C=O) groups is 2. The minimum absolute atomic E-state index is 0.0774. The fourth-order valence-corrected chi connectivity index (χ4v) is 3.08. The molecule has 1 aromatic carbocycles. The van der Waals surface area contributed by atoms with Gasteiger partial charge in [0.05, 0.1) is 5.56 Å². The number of benzene rings is 1. The van der Waals surface area contributed by atoms with Gasteiger partial charge in [-0.1, -0.05) is 23.7 Å². The largest absolute Gasteiger partial charge is 0.459 e. The van der Waals surface area contributed by atoms with Crippen molar-refractivity contribution in [1.82, 2.24) is 10.3 Å². The van der Waals surface area contributed by atoms with Crippen LogP contribution in [0.2, 0.25) is 5.02 Å². The maximum Gasteiger partial charge on any atom is 0.331 e. The lowest BCUT2D eigenvalue weighted by Gasteiger charge is -2.34. The van der Waals surface area contributed by atoms with Crippen molar-refractivity contribution in [3.63, 3.8) is 0 Å². The minimum Gasteiger partial charge on any atom is -0.459 e. The molecule has 0 bridgehead atoms. The first-order valence-electron chi connectivity index (χ1n) is 8.36. The lowest BCUT2D eigenvalue weighted by Crippen LogP contribution is -2.31. The summed E-state index contributed by atoms with van der Waals surface area (Å²) in [6, 6.07) is 9.44. The van der Waals surface area contributed by atoms with Crippen LogP contribution in [0.25, 0.3) is 6.08 Å². The summed E-state index contributed by atoms with van der Waals surface area (Å²) in [4.78, 5) is 27.5. The van der Waals surface area contributed by atoms with E-state index >= 15 is 0 Å². The van der Waals surface area contributed by atoms with Crippen LogP contribution in [-0.2, 0) is 9.53 Å². The summed E-state index contributed by atoms with van der Waals surface area (Å²) >= 11 is 6.01. The van der Waals surface area contributed by atoms with Gasteiger partial charge in [-0.15, -0.1) is 0 Å². The van der Waals surface area contributed by atoms with E-state index in [4.69, 9.17) is 16.3 Å². The number of hydrogen-bond donors (Lipinski definition) is 1. The number of esters is 1. The van der Waals surface area contributed by atoms with Crippen LogP contribution in [0.4, 0.5) is 0 Å². The van der Waals surface area contributed by atoms with Gasteiger partial charge in [-0.05, 0) is 54.2 Å². The average molecular weight is 371 g/mol. The normalized spacial score (nSPS) is 19.0. The molecule has 26 heavy (non-hydrogen) atoms. The summed E-state index contributed by atoms with van der Waals surface area (Å²) in [5.74, 6) is -0.245. The number of rotatable bonds is 5. The SMILES string of the molecule is CNC(=O)c1cncc(/C=C/C(=O)OC2CC(c3cccc(Cl)c3)C2)c1. The second kappa shape index (κ2) is 8.15. The van der Waals surface area contributed by atoms with Crippen molar-refractivity contribution >= 4 is 29.6 Å². The van der Waals surface area contributed by atoms with Crippen molar-refractivity contribution < 1.29 is 14.3 Å². The molecule has 5 nitrogen and oxygen atoms in total. The molecule has 0 radical (unpaired) electrons. The smallest absolute Gasteiger partial charge is 0.331 e. The van der Waals surface area contributed by atoms with Gasteiger partial charge in [-0.3, -0.25) is 9.78 Å². The van der Waals surface area contributed by atoms with Gasteiger partial charge in [0.25, 0.3) is 5.91 Å². The number of halogens is 1. The van der Waals surface area contributed by atoms with Crippen molar-refractivity contribution in [2.24, 2.45) is 0 Å². The quantitative estimate of drug-likeness (QED) is 0.645. The Balaban J connectivity index is 1.51. The molecule has 1 N–H and O–H groups in total. The summed E-state index contributed by atoms with van der Waals surface area (Å²) in [6.45, 7) is 0. The molecule has 134 valence electrons. The predicted molar refractivity (Wildman–Crippen MR) is 100.0 cm³/mol. The van der Waals surface area contributed by atoms with Crippen LogP contribution in [-0.4, -0.2) is 30.0 Å². The average Bonchev–Trinajstić information content (AvgIpc) is 2.62. The highest BCUT2D eigenvalue weighted by Crippen LogP contribution is 2.39. The Kier molecular flexibility index (Phi) is 5.68. The van der Waals surface area contributed by atoms with Crippen LogP contribution in [0.1, 0.15) is 40.2 Å². The van der Waals surface area contributed by atoms with Crippen LogP contribution in [0.5, 0.6) is 0 Å². The summed E-state index contributed by atoms with van der Waals surface area (Å²) in [6.07, 6.45) is 7.52. The van der Waals surface area contributed by atoms with Gasteiger partial charge in [0.2, 0.25) is 0 Å². The second-order valence-electron chi connectivity index (χ2n) is 6.20. The van der Waals surface area contributed by atoms with E-state index in [1.54, 1.807) is 25.4 Å². The van der Waals surface area contributed by atoms with E-state index in [0.717, 1.165) is 17.9 Å². The zero-order chi connectivity index (χ0) is 18.5. The Labute approximate surface area is 157 Å². The molecule has 0 spiro atoms. The Bertz CT molecular complexity index is 844. The molecule has 1 aliphatic carbocycles. The molecule has 1 saturated carbocycles. The van der Waals surface area contributed by atoms with Crippen molar-refractivity contribution in [2.45, 2.75) is 24.9 Å². The molecule has 0 atom stereocenters. The minimum atomic E-state index is -0.398. The summed E-state index contributed by atoms with van der Waals surface area (Å²) in [5.41, 5.74) is 2.28. The van der Waals surface area contributed by atoms with Crippen LogP contribution in [0.3, 0.4) is 0 Å². The van der Waals surface area contributed by atoms with Crippen molar-refractivity contribution in [1.29, 1.82) is 0 Å². The number of ether oxygens (including phenoxy) is 1. The van der Waals surface area contributed by atoms with Gasteiger partial charge in [0.15, 0.2) is 0 Å². The zero-order valence-electron chi connectivity index (χ0n) is 14.3. The van der Waals surface area contributed by atoms with Crippen LogP contribution >= 0.6 is 11.6 Å². The molecule has 2 aromatic rings. The van der Waals surface area contributed by atoms with E-state index in [-0.39, 0.29) is 12.0 Å². The molecule has 6 heteroatoms. The van der Waals surface area contributed by atoms with Crippen molar-refractivity contribution in [3.05, 3.63) is 70.5 Å². The predicted octanol–water partition coefficient (Wildman–Crippen LogP) is 3.60. The Morgan fingerprint density at radius 3 is 2.81 bits per heavy atom. The fraction of sp³-hybridized carbons (Fsp3) is 0.250. The number of hydrogen-bond acceptors (Lipinski definition) is 4. The molecule has 0 saturated heterocycles. The fourth-order valence-electron chi connectivity index (χ4n) is 2.88. The lowest BCUT2D eigenvalue weighted by atomic mass is 9.77. The van der Waals surface area contributed by atoms with Crippen LogP contribution < -0.4 is 5.32 Å². The van der Waals surface area contributed by atoms with E-state index in [0.29, 0.717) is 17.0 Å². The maximum atomic E-state index is 12.0. The van der Waals surface area contributed by atoms with E-state index in [2.05, 4.69) is 10.3 Å². The van der Waals surface area contributed by atoms with E-state index in [9.17, 15) is 9.59 Å². The molecule has 1 aromatic heterocycles. The van der Waals surface area contributed by atoms with Gasteiger partial charge in [-0.2, -0.15) is 0 Å². The van der Waals surface area contributed by atoms with Gasteiger partial charge >= 0.3 is 5.97 Å². The zero-order valence-corrected chi connectivity index (χ0v) is 15.1. The van der Waals surface area contributed by atoms with Crippen molar-refractivity contribution in [2.75, 3.05) is 7.05 Å². The van der Waals surface area contributed by atoms with Gasteiger partial charge in [-0.25, -0.2) is 4.79 Å². The molecular weight excluding hydrogens is 352 g/mol. The molecule has 1 fully saturated rings. The molecule has 0 aliphatic heterocycles. The highest BCUT2D eigenvalue weighted by molar-refractivity contribution is 6.30. The first-order valence-corrected chi connectivity index (χ1v) is 8.74. The number of nitrogens with zero attached hydrogens (tertiary/aromatic N) is 1. The molecule has 3 rings (SSSR count). The molecule has 1 amide bonds. The number of aromatic nitrogens is 1. The Morgan fingerprint density at radius 1 is 1.27 bits per heavy atom. The molecule has 0 unspecified atom stereocenters. The Hall–Kier alpha value is -2.66. The third-order valence-corrected chi connectivity index (χ3v) is 4.59.